The van der Waals surface area contributed by atoms with Gasteiger partial charge in [0.1, 0.15) is 0 Å². The van der Waals surface area contributed by atoms with E-state index in [1.54, 1.807) is 54.6 Å². The molecular formula is C25H20N2O4S2. The summed E-state index contributed by atoms with van der Waals surface area (Å²) in [6.07, 6.45) is -0.0627. The van der Waals surface area contributed by atoms with Crippen LogP contribution in [0.4, 0.5) is 11.4 Å². The van der Waals surface area contributed by atoms with Crippen LogP contribution in [0.15, 0.2) is 78.9 Å². The van der Waals surface area contributed by atoms with Crippen molar-refractivity contribution in [3.8, 4) is 0 Å². The molecule has 0 amide bonds. The van der Waals surface area contributed by atoms with E-state index >= 15 is 0 Å². The van der Waals surface area contributed by atoms with Crippen molar-refractivity contribution in [1.82, 2.24) is 0 Å². The summed E-state index contributed by atoms with van der Waals surface area (Å²) in [6.45, 7) is 0. The molecule has 0 fully saturated rings. The van der Waals surface area contributed by atoms with E-state index in [-0.39, 0.29) is 40.6 Å². The Hall–Kier alpha value is -3.75. The van der Waals surface area contributed by atoms with Crippen LogP contribution < -0.4 is 10.6 Å². The Balaban J connectivity index is 1.69. The second kappa shape index (κ2) is 11.2. The third-order valence-electron chi connectivity index (χ3n) is 4.64. The van der Waals surface area contributed by atoms with Crippen LogP contribution in [0.3, 0.4) is 0 Å². The van der Waals surface area contributed by atoms with Gasteiger partial charge in [0, 0.05) is 16.8 Å². The zero-order valence-electron chi connectivity index (χ0n) is 17.4. The van der Waals surface area contributed by atoms with Crippen LogP contribution in [0.2, 0.25) is 0 Å². The highest BCUT2D eigenvalue weighted by Crippen LogP contribution is 2.23. The second-order valence-electron chi connectivity index (χ2n) is 7.09. The topological polar surface area (TPSA) is 95.5 Å². The minimum Gasteiger partial charge on any atom is -0.478 e. The van der Waals surface area contributed by atoms with Crippen molar-refractivity contribution < 1.29 is 19.5 Å². The van der Waals surface area contributed by atoms with Crippen LogP contribution in [0.1, 0.15) is 43.9 Å². The molecule has 3 N–H and O–H groups in total. The van der Waals surface area contributed by atoms with Crippen molar-refractivity contribution in [2.24, 2.45) is 0 Å². The summed E-state index contributed by atoms with van der Waals surface area (Å²) in [5.74, 6) is -1.46. The number of hydrogen-bond acceptors (Lipinski definition) is 5. The second-order valence-corrected chi connectivity index (χ2v) is 8.08. The lowest BCUT2D eigenvalue weighted by atomic mass is 10.1. The zero-order valence-corrected chi connectivity index (χ0v) is 19.0. The zero-order chi connectivity index (χ0) is 23.8. The Kier molecular flexibility index (Phi) is 8.12. The van der Waals surface area contributed by atoms with Gasteiger partial charge in [-0.15, -0.1) is 0 Å². The number of ketones is 2. The van der Waals surface area contributed by atoms with E-state index in [0.29, 0.717) is 21.8 Å². The van der Waals surface area contributed by atoms with E-state index in [0.717, 1.165) is 0 Å². The fourth-order valence-electron chi connectivity index (χ4n) is 3.06. The van der Waals surface area contributed by atoms with E-state index in [9.17, 15) is 19.5 Å². The average Bonchev–Trinajstić information content (AvgIpc) is 2.80. The molecule has 0 aromatic heterocycles. The van der Waals surface area contributed by atoms with Gasteiger partial charge in [0.25, 0.3) is 0 Å². The van der Waals surface area contributed by atoms with Crippen molar-refractivity contribution in [2.45, 2.75) is 12.8 Å². The lowest BCUT2D eigenvalue weighted by Gasteiger charge is -2.14. The molecule has 3 rings (SSSR count). The van der Waals surface area contributed by atoms with Crippen molar-refractivity contribution in [1.29, 1.82) is 0 Å². The number of aromatic carboxylic acids is 1. The highest BCUT2D eigenvalue weighted by atomic mass is 32.1. The number of nitrogens with one attached hydrogen (secondary N) is 2. The highest BCUT2D eigenvalue weighted by molar-refractivity contribution is 7.80. The summed E-state index contributed by atoms with van der Waals surface area (Å²) in [5, 5.41) is 15.3. The Labute approximate surface area is 201 Å². The fraction of sp³-hybridized carbons (Fsp3) is 0.0800. The third-order valence-corrected chi connectivity index (χ3v) is 5.13. The maximum absolute atomic E-state index is 12.4. The lowest BCUT2D eigenvalue weighted by molar-refractivity contribution is 0.0697. The van der Waals surface area contributed by atoms with E-state index in [2.05, 4.69) is 10.6 Å². The molecule has 166 valence electrons. The third kappa shape index (κ3) is 6.86. The van der Waals surface area contributed by atoms with Crippen molar-refractivity contribution in [3.05, 3.63) is 95.6 Å². The molecule has 0 saturated carbocycles. The summed E-state index contributed by atoms with van der Waals surface area (Å²) in [4.78, 5) is 36.9. The van der Waals surface area contributed by atoms with E-state index in [4.69, 9.17) is 24.4 Å². The Morgan fingerprint density at radius 3 is 1.67 bits per heavy atom. The lowest BCUT2D eigenvalue weighted by Crippen LogP contribution is -2.18. The molecule has 0 radical (unpaired) electrons. The molecule has 0 aliphatic rings. The number of benzene rings is 3. The van der Waals surface area contributed by atoms with Crippen LogP contribution in [0.25, 0.3) is 0 Å². The maximum atomic E-state index is 12.4. The first-order valence-corrected chi connectivity index (χ1v) is 10.8. The van der Waals surface area contributed by atoms with Gasteiger partial charge in [-0.1, -0.05) is 85.1 Å². The molecule has 8 heteroatoms. The van der Waals surface area contributed by atoms with Crippen LogP contribution >= 0.6 is 24.4 Å². The molecule has 0 aliphatic heterocycles. The maximum Gasteiger partial charge on any atom is 0.337 e. The van der Waals surface area contributed by atoms with Gasteiger partial charge in [-0.3, -0.25) is 9.59 Å². The SMILES string of the molecule is O=C(CC(=S)Nc1ccc(C(=O)O)c(NC(=S)CC(=O)c2ccccc2)c1)c1ccccc1. The van der Waals surface area contributed by atoms with Gasteiger partial charge in [-0.25, -0.2) is 4.79 Å². The monoisotopic (exact) mass is 476 g/mol. The standard InChI is InChI=1S/C25H20N2O4S2/c28-21(16-7-3-1-4-8-16)14-23(32)26-18-11-12-19(25(30)31)20(13-18)27-24(33)15-22(29)17-9-5-2-6-10-17/h1-13H,14-15H2,(H,26,32)(H,27,33)(H,30,31). The fourth-order valence-corrected chi connectivity index (χ4v) is 3.55. The van der Waals surface area contributed by atoms with Crippen LogP contribution in [-0.2, 0) is 0 Å². The van der Waals surface area contributed by atoms with Gasteiger partial charge in [-0.05, 0) is 18.2 Å². The van der Waals surface area contributed by atoms with Crippen molar-refractivity contribution in [3.63, 3.8) is 0 Å². The number of rotatable bonds is 9. The molecular weight excluding hydrogens is 456 g/mol. The summed E-state index contributed by atoms with van der Waals surface area (Å²) >= 11 is 10.6. The van der Waals surface area contributed by atoms with Gasteiger partial charge >= 0.3 is 5.97 Å². The van der Waals surface area contributed by atoms with Gasteiger partial charge < -0.3 is 15.7 Å². The number of carbonyl (C=O) groups is 3. The molecule has 0 bridgehead atoms. The molecule has 0 unspecified atom stereocenters. The molecule has 0 spiro atoms. The summed E-state index contributed by atoms with van der Waals surface area (Å²) < 4.78 is 0. The summed E-state index contributed by atoms with van der Waals surface area (Å²) in [7, 11) is 0. The van der Waals surface area contributed by atoms with Crippen LogP contribution in [-0.4, -0.2) is 32.6 Å². The largest absolute Gasteiger partial charge is 0.478 e. The number of carbonyl (C=O) groups excluding carboxylic acids is 2. The minimum absolute atomic E-state index is 0.00673. The molecule has 3 aromatic rings. The molecule has 6 nitrogen and oxygen atoms in total. The summed E-state index contributed by atoms with van der Waals surface area (Å²) in [6, 6.07) is 22.0. The molecule has 0 aliphatic carbocycles. The van der Waals surface area contributed by atoms with Gasteiger partial charge in [0.05, 0.1) is 34.1 Å². The number of carboxylic acid groups (broad SMARTS) is 1. The predicted molar refractivity (Wildman–Crippen MR) is 137 cm³/mol. The average molecular weight is 477 g/mol. The highest BCUT2D eigenvalue weighted by Gasteiger charge is 2.16. The predicted octanol–water partition coefficient (Wildman–Crippen LogP) is 5.41. The van der Waals surface area contributed by atoms with Crippen LogP contribution in [0, 0.1) is 0 Å². The Bertz CT molecular complexity index is 1210. The first kappa shape index (κ1) is 23.9. The number of thiocarbonyl (C=S) groups is 2. The molecule has 33 heavy (non-hydrogen) atoms. The quantitative estimate of drug-likeness (QED) is 0.279. The first-order chi connectivity index (χ1) is 15.8. The smallest absolute Gasteiger partial charge is 0.337 e. The van der Waals surface area contributed by atoms with Crippen molar-refractivity contribution >= 4 is 63.3 Å². The number of Topliss-reactive ketones (excluding diaryl/α,β-unsaturated/α-hetero) is 2. The normalized spacial score (nSPS) is 10.2. The first-order valence-electron chi connectivity index (χ1n) is 9.97. The number of anilines is 2. The number of carboxylic acids is 1. The summed E-state index contributed by atoms with van der Waals surface area (Å²) in [5.41, 5.74) is 1.77. The Morgan fingerprint density at radius 1 is 0.697 bits per heavy atom. The molecule has 0 saturated heterocycles. The Morgan fingerprint density at radius 2 is 1.18 bits per heavy atom. The van der Waals surface area contributed by atoms with Gasteiger partial charge in [0.2, 0.25) is 0 Å². The number of hydrogen-bond donors (Lipinski definition) is 3. The van der Waals surface area contributed by atoms with Crippen molar-refractivity contribution in [2.75, 3.05) is 10.6 Å². The van der Waals surface area contributed by atoms with Gasteiger partial charge in [0.15, 0.2) is 11.6 Å². The minimum atomic E-state index is -1.15. The van der Waals surface area contributed by atoms with E-state index in [1.165, 1.54) is 12.1 Å². The van der Waals surface area contributed by atoms with E-state index in [1.807, 2.05) is 12.1 Å². The van der Waals surface area contributed by atoms with Crippen LogP contribution in [0.5, 0.6) is 0 Å². The molecule has 3 aromatic carbocycles. The molecule has 0 atom stereocenters. The van der Waals surface area contributed by atoms with E-state index < -0.39 is 5.97 Å². The molecule has 0 heterocycles. The van der Waals surface area contributed by atoms with Gasteiger partial charge in [-0.2, -0.15) is 0 Å².